The van der Waals surface area contributed by atoms with Crippen LogP contribution in [-0.2, 0) is 4.79 Å². The number of piperidine rings is 1. The lowest BCUT2D eigenvalue weighted by Crippen LogP contribution is -2.43. The summed E-state index contributed by atoms with van der Waals surface area (Å²) in [6.07, 6.45) is 6.73. The molecule has 2 aliphatic rings. The molecular formula is C20H28Cl2N2O2. The molecule has 0 saturated carbocycles. The maximum atomic E-state index is 12.7. The molecule has 0 spiro atoms. The first-order valence-corrected chi connectivity index (χ1v) is 10.5. The van der Waals surface area contributed by atoms with Crippen molar-refractivity contribution in [3.8, 4) is 5.75 Å². The van der Waals surface area contributed by atoms with Gasteiger partial charge >= 0.3 is 0 Å². The Morgan fingerprint density at radius 1 is 1.00 bits per heavy atom. The Bertz CT molecular complexity index is 575. The van der Waals surface area contributed by atoms with Crippen LogP contribution in [-0.4, -0.2) is 55.0 Å². The molecule has 1 aromatic rings. The zero-order valence-electron chi connectivity index (χ0n) is 15.3. The Labute approximate surface area is 166 Å². The van der Waals surface area contributed by atoms with E-state index in [0.717, 1.165) is 58.4 Å². The van der Waals surface area contributed by atoms with Gasteiger partial charge in [0.05, 0.1) is 10.0 Å². The van der Waals surface area contributed by atoms with Crippen LogP contribution in [0.4, 0.5) is 0 Å². The van der Waals surface area contributed by atoms with E-state index in [1.54, 1.807) is 12.1 Å². The fourth-order valence-corrected chi connectivity index (χ4v) is 4.36. The van der Waals surface area contributed by atoms with Gasteiger partial charge in [-0.05, 0) is 50.9 Å². The minimum atomic E-state index is 0.197. The van der Waals surface area contributed by atoms with Crippen LogP contribution in [0.1, 0.15) is 38.5 Å². The second-order valence-corrected chi connectivity index (χ2v) is 8.07. The highest BCUT2D eigenvalue weighted by Gasteiger charge is 2.28. The molecule has 1 aromatic carbocycles. The van der Waals surface area contributed by atoms with Gasteiger partial charge < -0.3 is 9.64 Å². The summed E-state index contributed by atoms with van der Waals surface area (Å²) in [5.74, 6) is 1.14. The Kier molecular flexibility index (Phi) is 7.47. The molecule has 0 bridgehead atoms. The predicted octanol–water partition coefficient (Wildman–Crippen LogP) is 4.49. The zero-order valence-corrected chi connectivity index (χ0v) is 16.8. The largest absolute Gasteiger partial charge is 0.489 e. The number of hydrogen-bond donors (Lipinski definition) is 0. The third kappa shape index (κ3) is 5.28. The summed E-state index contributed by atoms with van der Waals surface area (Å²) in [6.45, 7) is 5.17. The number of para-hydroxylation sites is 1. The van der Waals surface area contributed by atoms with E-state index in [-0.39, 0.29) is 5.92 Å². The lowest BCUT2D eigenvalue weighted by molar-refractivity contribution is -0.137. The Balaban J connectivity index is 1.40. The van der Waals surface area contributed by atoms with E-state index in [4.69, 9.17) is 27.9 Å². The highest BCUT2D eigenvalue weighted by molar-refractivity contribution is 6.37. The monoisotopic (exact) mass is 398 g/mol. The van der Waals surface area contributed by atoms with Gasteiger partial charge in [-0.2, -0.15) is 0 Å². The molecule has 2 heterocycles. The van der Waals surface area contributed by atoms with Crippen LogP contribution in [0.2, 0.25) is 10.0 Å². The average molecular weight is 399 g/mol. The highest BCUT2D eigenvalue weighted by atomic mass is 35.5. The topological polar surface area (TPSA) is 32.8 Å². The first-order valence-electron chi connectivity index (χ1n) is 9.73. The van der Waals surface area contributed by atoms with E-state index in [0.29, 0.717) is 28.3 Å². The average Bonchev–Trinajstić information content (AvgIpc) is 2.93. The molecule has 0 unspecified atom stereocenters. The van der Waals surface area contributed by atoms with Crippen molar-refractivity contribution < 1.29 is 9.53 Å². The van der Waals surface area contributed by atoms with Gasteiger partial charge in [0.2, 0.25) is 5.91 Å². The first kappa shape index (κ1) is 19.8. The van der Waals surface area contributed by atoms with Crippen LogP contribution in [0, 0.1) is 5.92 Å². The van der Waals surface area contributed by atoms with Crippen molar-refractivity contribution in [1.29, 1.82) is 0 Å². The predicted molar refractivity (Wildman–Crippen MR) is 106 cm³/mol. The van der Waals surface area contributed by atoms with Crippen molar-refractivity contribution in [3.05, 3.63) is 28.2 Å². The lowest BCUT2D eigenvalue weighted by Gasteiger charge is -2.34. The standard InChI is InChI=1S/C20H28Cl2N2O2/c21-17-6-5-7-18(22)19(17)26-15-14-23-12-8-16(9-13-23)20(25)24-10-3-1-2-4-11-24/h5-7,16H,1-4,8-15H2. The molecule has 2 fully saturated rings. The van der Waals surface area contributed by atoms with Gasteiger partial charge in [-0.3, -0.25) is 9.69 Å². The van der Waals surface area contributed by atoms with E-state index in [2.05, 4.69) is 9.80 Å². The van der Waals surface area contributed by atoms with Crippen LogP contribution in [0.3, 0.4) is 0 Å². The zero-order chi connectivity index (χ0) is 18.4. The molecule has 0 N–H and O–H groups in total. The molecule has 2 aliphatic heterocycles. The smallest absolute Gasteiger partial charge is 0.225 e. The molecule has 2 saturated heterocycles. The molecule has 0 aromatic heterocycles. The fraction of sp³-hybridized carbons (Fsp3) is 0.650. The molecule has 4 nitrogen and oxygen atoms in total. The van der Waals surface area contributed by atoms with Crippen LogP contribution >= 0.6 is 23.2 Å². The third-order valence-corrected chi connectivity index (χ3v) is 6.02. The maximum absolute atomic E-state index is 12.7. The quantitative estimate of drug-likeness (QED) is 0.732. The summed E-state index contributed by atoms with van der Waals surface area (Å²) < 4.78 is 5.77. The molecule has 0 atom stereocenters. The second-order valence-electron chi connectivity index (χ2n) is 7.25. The number of carbonyl (C=O) groups excluding carboxylic acids is 1. The number of carbonyl (C=O) groups is 1. The molecule has 6 heteroatoms. The SMILES string of the molecule is O=C(C1CCN(CCOc2c(Cl)cccc2Cl)CC1)N1CCCCCC1. The van der Waals surface area contributed by atoms with Crippen LogP contribution in [0.15, 0.2) is 18.2 Å². The number of ether oxygens (including phenoxy) is 1. The number of benzene rings is 1. The van der Waals surface area contributed by atoms with Gasteiger partial charge in [0, 0.05) is 25.6 Å². The van der Waals surface area contributed by atoms with E-state index in [9.17, 15) is 4.79 Å². The van der Waals surface area contributed by atoms with Gasteiger partial charge in [-0.25, -0.2) is 0 Å². The number of nitrogens with zero attached hydrogens (tertiary/aromatic N) is 2. The van der Waals surface area contributed by atoms with Crippen LogP contribution < -0.4 is 4.74 Å². The molecule has 3 rings (SSSR count). The van der Waals surface area contributed by atoms with Gasteiger partial charge in [-0.15, -0.1) is 0 Å². The molecule has 0 radical (unpaired) electrons. The van der Waals surface area contributed by atoms with Gasteiger partial charge in [-0.1, -0.05) is 42.1 Å². The number of hydrogen-bond acceptors (Lipinski definition) is 3. The summed E-state index contributed by atoms with van der Waals surface area (Å²) in [5, 5.41) is 1.08. The Morgan fingerprint density at radius 3 is 2.23 bits per heavy atom. The molecule has 0 aliphatic carbocycles. The van der Waals surface area contributed by atoms with E-state index in [1.165, 1.54) is 12.8 Å². The Morgan fingerprint density at radius 2 is 1.62 bits per heavy atom. The van der Waals surface area contributed by atoms with Crippen LogP contribution in [0.25, 0.3) is 0 Å². The lowest BCUT2D eigenvalue weighted by atomic mass is 9.95. The van der Waals surface area contributed by atoms with Crippen molar-refractivity contribution >= 4 is 29.1 Å². The van der Waals surface area contributed by atoms with Gasteiger partial charge in [0.1, 0.15) is 6.61 Å². The highest BCUT2D eigenvalue weighted by Crippen LogP contribution is 2.32. The van der Waals surface area contributed by atoms with Crippen molar-refractivity contribution in [2.75, 3.05) is 39.3 Å². The van der Waals surface area contributed by atoms with E-state index < -0.39 is 0 Å². The Hall–Kier alpha value is -0.970. The summed E-state index contributed by atoms with van der Waals surface area (Å²) in [4.78, 5) is 17.2. The molecular weight excluding hydrogens is 371 g/mol. The molecule has 26 heavy (non-hydrogen) atoms. The fourth-order valence-electron chi connectivity index (χ4n) is 3.85. The van der Waals surface area contributed by atoms with Crippen LogP contribution in [0.5, 0.6) is 5.75 Å². The minimum absolute atomic E-state index is 0.197. The number of rotatable bonds is 5. The summed E-state index contributed by atoms with van der Waals surface area (Å²) in [6, 6.07) is 5.37. The van der Waals surface area contributed by atoms with Crippen molar-refractivity contribution in [2.24, 2.45) is 5.92 Å². The van der Waals surface area contributed by atoms with E-state index >= 15 is 0 Å². The third-order valence-electron chi connectivity index (χ3n) is 5.43. The number of amides is 1. The van der Waals surface area contributed by atoms with Crippen molar-refractivity contribution in [2.45, 2.75) is 38.5 Å². The molecule has 1 amide bonds. The van der Waals surface area contributed by atoms with Crippen molar-refractivity contribution in [3.63, 3.8) is 0 Å². The second kappa shape index (κ2) is 9.82. The van der Waals surface area contributed by atoms with Gasteiger partial charge in [0.25, 0.3) is 0 Å². The minimum Gasteiger partial charge on any atom is -0.489 e. The normalized spacial score (nSPS) is 20.0. The molecule has 144 valence electrons. The number of halogens is 2. The summed E-state index contributed by atoms with van der Waals surface area (Å²) >= 11 is 12.3. The summed E-state index contributed by atoms with van der Waals surface area (Å²) in [5.41, 5.74) is 0. The number of likely N-dealkylation sites (tertiary alicyclic amines) is 2. The van der Waals surface area contributed by atoms with Crippen molar-refractivity contribution in [1.82, 2.24) is 9.80 Å². The first-order chi connectivity index (χ1) is 12.6. The maximum Gasteiger partial charge on any atom is 0.225 e. The van der Waals surface area contributed by atoms with Gasteiger partial charge in [0.15, 0.2) is 5.75 Å². The summed E-state index contributed by atoms with van der Waals surface area (Å²) in [7, 11) is 0. The van der Waals surface area contributed by atoms with E-state index in [1.807, 2.05) is 6.07 Å².